The molecule has 0 aromatic heterocycles. The number of nitrogens with one attached hydrogen (secondary N) is 2. The Morgan fingerprint density at radius 3 is 2.72 bits per heavy atom. The predicted octanol–water partition coefficient (Wildman–Crippen LogP) is 0.758. The third kappa shape index (κ3) is 4.19. The molecule has 1 aromatic carbocycles. The number of amides is 2. The van der Waals surface area contributed by atoms with Gasteiger partial charge in [0, 0.05) is 32.2 Å². The van der Waals surface area contributed by atoms with Gasteiger partial charge in [0.25, 0.3) is 0 Å². The number of fused-ring (bicyclic) bond motifs is 1. The van der Waals surface area contributed by atoms with Gasteiger partial charge < -0.3 is 10.6 Å². The molecular weight excluding hydrogens is 316 g/mol. The van der Waals surface area contributed by atoms with Crippen LogP contribution in [-0.2, 0) is 9.59 Å². The van der Waals surface area contributed by atoms with E-state index in [0.717, 1.165) is 18.7 Å². The Hall–Kier alpha value is -1.92. The number of rotatable bonds is 5. The lowest BCUT2D eigenvalue weighted by Crippen LogP contribution is -2.57. The Bertz CT molecular complexity index is 607. The molecule has 0 bridgehead atoms. The van der Waals surface area contributed by atoms with Crippen molar-refractivity contribution in [2.45, 2.75) is 37.9 Å². The van der Waals surface area contributed by atoms with Crippen molar-refractivity contribution in [3.63, 3.8) is 0 Å². The van der Waals surface area contributed by atoms with Crippen LogP contribution in [0.15, 0.2) is 30.3 Å². The van der Waals surface area contributed by atoms with E-state index < -0.39 is 6.04 Å². The van der Waals surface area contributed by atoms with Crippen molar-refractivity contribution in [2.75, 3.05) is 33.2 Å². The number of hydrogen-bond donors (Lipinski definition) is 2. The number of piperazine rings is 1. The van der Waals surface area contributed by atoms with Crippen LogP contribution >= 0.6 is 0 Å². The van der Waals surface area contributed by atoms with Crippen LogP contribution in [0.3, 0.4) is 0 Å². The van der Waals surface area contributed by atoms with E-state index in [2.05, 4.69) is 27.4 Å². The van der Waals surface area contributed by atoms with Gasteiger partial charge in [-0.25, -0.2) is 0 Å². The van der Waals surface area contributed by atoms with Crippen LogP contribution < -0.4 is 10.6 Å². The molecule has 136 valence electrons. The van der Waals surface area contributed by atoms with Crippen molar-refractivity contribution >= 4 is 11.8 Å². The quantitative estimate of drug-likeness (QED) is 0.828. The van der Waals surface area contributed by atoms with Crippen molar-refractivity contribution < 1.29 is 9.59 Å². The van der Waals surface area contributed by atoms with Crippen molar-refractivity contribution in [1.82, 2.24) is 20.4 Å². The first-order chi connectivity index (χ1) is 12.1. The van der Waals surface area contributed by atoms with E-state index in [9.17, 15) is 9.59 Å². The second-order valence-electron chi connectivity index (χ2n) is 7.09. The molecule has 2 aliphatic rings. The Morgan fingerprint density at radius 1 is 1.24 bits per heavy atom. The second-order valence-corrected chi connectivity index (χ2v) is 7.09. The lowest BCUT2D eigenvalue weighted by atomic mass is 10.1. The zero-order valence-electron chi connectivity index (χ0n) is 15.1. The molecule has 2 aliphatic heterocycles. The summed E-state index contributed by atoms with van der Waals surface area (Å²) in [4.78, 5) is 29.6. The third-order valence-electron chi connectivity index (χ3n) is 5.36. The largest absolute Gasteiger partial charge is 0.357 e. The molecule has 2 amide bonds. The molecular formula is C19H28N4O2. The van der Waals surface area contributed by atoms with E-state index in [0.29, 0.717) is 18.6 Å². The van der Waals surface area contributed by atoms with Gasteiger partial charge in [0.1, 0.15) is 6.04 Å². The number of benzene rings is 1. The van der Waals surface area contributed by atoms with E-state index in [1.165, 1.54) is 19.4 Å². The van der Waals surface area contributed by atoms with Gasteiger partial charge in [0.05, 0.1) is 6.54 Å². The number of carbonyl (C=O) groups is 2. The SMILES string of the molecule is CNC(=O)C(NC(=O)CN1CC2CCCN2CC1C)c1ccccc1. The minimum Gasteiger partial charge on any atom is -0.357 e. The molecule has 3 atom stereocenters. The average Bonchev–Trinajstić information content (AvgIpc) is 3.07. The molecule has 0 saturated carbocycles. The highest BCUT2D eigenvalue weighted by molar-refractivity contribution is 5.89. The summed E-state index contributed by atoms with van der Waals surface area (Å²) in [5.41, 5.74) is 0.795. The predicted molar refractivity (Wildman–Crippen MR) is 97.0 cm³/mol. The number of nitrogens with zero attached hydrogens (tertiary/aromatic N) is 2. The lowest BCUT2D eigenvalue weighted by Gasteiger charge is -2.42. The molecule has 0 spiro atoms. The zero-order valence-corrected chi connectivity index (χ0v) is 15.1. The van der Waals surface area contributed by atoms with Gasteiger partial charge in [0.2, 0.25) is 11.8 Å². The Kier molecular flexibility index (Phi) is 5.71. The summed E-state index contributed by atoms with van der Waals surface area (Å²) in [6.45, 7) is 5.66. The Morgan fingerprint density at radius 2 is 2.00 bits per heavy atom. The van der Waals surface area contributed by atoms with Crippen LogP contribution in [0.4, 0.5) is 0 Å². The molecule has 2 saturated heterocycles. The fourth-order valence-electron chi connectivity index (χ4n) is 3.95. The fraction of sp³-hybridized carbons (Fsp3) is 0.579. The van der Waals surface area contributed by atoms with Crippen LogP contribution in [0.1, 0.15) is 31.4 Å². The summed E-state index contributed by atoms with van der Waals surface area (Å²) in [5, 5.41) is 5.54. The molecule has 25 heavy (non-hydrogen) atoms. The molecule has 3 rings (SSSR count). The van der Waals surface area contributed by atoms with Crippen molar-refractivity contribution in [3.8, 4) is 0 Å². The van der Waals surface area contributed by atoms with E-state index >= 15 is 0 Å². The van der Waals surface area contributed by atoms with Crippen molar-refractivity contribution in [2.24, 2.45) is 0 Å². The summed E-state index contributed by atoms with van der Waals surface area (Å²) in [6.07, 6.45) is 2.47. The number of hydrogen-bond acceptors (Lipinski definition) is 4. The third-order valence-corrected chi connectivity index (χ3v) is 5.36. The molecule has 2 heterocycles. The first-order valence-corrected chi connectivity index (χ1v) is 9.12. The minimum atomic E-state index is -0.651. The Balaban J connectivity index is 1.62. The van der Waals surface area contributed by atoms with Crippen LogP contribution in [0, 0.1) is 0 Å². The molecule has 6 nitrogen and oxygen atoms in total. The second kappa shape index (κ2) is 7.97. The summed E-state index contributed by atoms with van der Waals surface area (Å²) in [6, 6.07) is 9.65. The normalized spacial score (nSPS) is 25.2. The highest BCUT2D eigenvalue weighted by atomic mass is 16.2. The smallest absolute Gasteiger partial charge is 0.246 e. The van der Waals surface area contributed by atoms with Gasteiger partial charge in [-0.2, -0.15) is 0 Å². The first kappa shape index (κ1) is 17.9. The first-order valence-electron chi connectivity index (χ1n) is 9.12. The molecule has 3 unspecified atom stereocenters. The van der Waals surface area contributed by atoms with Gasteiger partial charge in [-0.3, -0.25) is 19.4 Å². The van der Waals surface area contributed by atoms with E-state index in [-0.39, 0.29) is 11.8 Å². The van der Waals surface area contributed by atoms with Gasteiger partial charge in [0.15, 0.2) is 0 Å². The monoisotopic (exact) mass is 344 g/mol. The maximum absolute atomic E-state index is 12.6. The molecule has 1 aromatic rings. The standard InChI is InChI=1S/C19H28N4O2/c1-14-11-22-10-6-9-16(22)12-23(14)13-17(24)21-18(19(25)20-2)15-7-4-3-5-8-15/h3-5,7-8,14,16,18H,6,9-13H2,1-2H3,(H,20,25)(H,21,24). The highest BCUT2D eigenvalue weighted by Crippen LogP contribution is 2.24. The lowest BCUT2D eigenvalue weighted by molar-refractivity contribution is -0.130. The van der Waals surface area contributed by atoms with E-state index in [4.69, 9.17) is 0 Å². The molecule has 2 fully saturated rings. The maximum Gasteiger partial charge on any atom is 0.246 e. The molecule has 0 radical (unpaired) electrons. The zero-order chi connectivity index (χ0) is 17.8. The highest BCUT2D eigenvalue weighted by Gasteiger charge is 2.35. The topological polar surface area (TPSA) is 64.7 Å². The summed E-state index contributed by atoms with van der Waals surface area (Å²) >= 11 is 0. The van der Waals surface area contributed by atoms with E-state index in [1.54, 1.807) is 7.05 Å². The minimum absolute atomic E-state index is 0.101. The van der Waals surface area contributed by atoms with Gasteiger partial charge in [-0.15, -0.1) is 0 Å². The molecule has 6 heteroatoms. The van der Waals surface area contributed by atoms with Crippen LogP contribution in [-0.4, -0.2) is 66.9 Å². The Labute approximate surface area is 149 Å². The van der Waals surface area contributed by atoms with Crippen LogP contribution in [0.25, 0.3) is 0 Å². The summed E-state index contributed by atoms with van der Waals surface area (Å²) in [7, 11) is 1.59. The number of likely N-dealkylation sites (N-methyl/N-ethyl adjacent to an activating group) is 1. The molecule has 0 aliphatic carbocycles. The summed E-state index contributed by atoms with van der Waals surface area (Å²) < 4.78 is 0. The molecule has 2 N–H and O–H groups in total. The summed E-state index contributed by atoms with van der Waals surface area (Å²) in [5.74, 6) is -0.302. The van der Waals surface area contributed by atoms with Crippen molar-refractivity contribution in [3.05, 3.63) is 35.9 Å². The maximum atomic E-state index is 12.6. The number of carbonyl (C=O) groups excluding carboxylic acids is 2. The van der Waals surface area contributed by atoms with Gasteiger partial charge in [-0.05, 0) is 31.9 Å². The van der Waals surface area contributed by atoms with Crippen LogP contribution in [0.5, 0.6) is 0 Å². The fourth-order valence-corrected chi connectivity index (χ4v) is 3.95. The average molecular weight is 344 g/mol. The van der Waals surface area contributed by atoms with Crippen molar-refractivity contribution in [1.29, 1.82) is 0 Å². The van der Waals surface area contributed by atoms with E-state index in [1.807, 2.05) is 30.3 Å². The van der Waals surface area contributed by atoms with Crippen LogP contribution in [0.2, 0.25) is 0 Å². The van der Waals surface area contributed by atoms with Gasteiger partial charge in [-0.1, -0.05) is 30.3 Å². The van der Waals surface area contributed by atoms with Gasteiger partial charge >= 0.3 is 0 Å².